The summed E-state index contributed by atoms with van der Waals surface area (Å²) in [6, 6.07) is 12.2. The predicted molar refractivity (Wildman–Crippen MR) is 119 cm³/mol. The van der Waals surface area contributed by atoms with Gasteiger partial charge in [0.25, 0.3) is 0 Å². The van der Waals surface area contributed by atoms with Crippen LogP contribution in [0.5, 0.6) is 0 Å². The van der Waals surface area contributed by atoms with Crippen LogP contribution >= 0.6 is 0 Å². The molecule has 0 saturated heterocycles. The third-order valence-corrected chi connectivity index (χ3v) is 4.74. The van der Waals surface area contributed by atoms with Gasteiger partial charge in [-0.15, -0.1) is 0 Å². The Morgan fingerprint density at radius 1 is 1.21 bits per heavy atom. The maximum atomic E-state index is 6.11. The molecule has 6 heteroatoms. The summed E-state index contributed by atoms with van der Waals surface area (Å²) in [5, 5.41) is 6.81. The summed E-state index contributed by atoms with van der Waals surface area (Å²) in [5.74, 6) is 0.699. The van der Waals surface area contributed by atoms with Crippen LogP contribution in [-0.2, 0) is 6.54 Å². The molecule has 28 heavy (non-hydrogen) atoms. The number of aromatic nitrogens is 1. The molecular formula is C22H34N6. The fourth-order valence-corrected chi connectivity index (χ4v) is 2.68. The third kappa shape index (κ3) is 6.55. The van der Waals surface area contributed by atoms with E-state index in [0.29, 0.717) is 23.2 Å². The molecule has 0 bridgehead atoms. The lowest BCUT2D eigenvalue weighted by molar-refractivity contribution is 0.285. The molecule has 0 radical (unpaired) electrons. The van der Waals surface area contributed by atoms with E-state index in [9.17, 15) is 0 Å². The van der Waals surface area contributed by atoms with Crippen molar-refractivity contribution in [2.45, 2.75) is 53.4 Å². The summed E-state index contributed by atoms with van der Waals surface area (Å²) in [7, 11) is 0. The zero-order valence-corrected chi connectivity index (χ0v) is 17.6. The average molecular weight is 383 g/mol. The molecule has 152 valence electrons. The van der Waals surface area contributed by atoms with E-state index in [1.165, 1.54) is 0 Å². The molecule has 0 saturated carbocycles. The number of anilines is 2. The van der Waals surface area contributed by atoms with Crippen LogP contribution in [0.1, 0.15) is 40.2 Å². The van der Waals surface area contributed by atoms with Crippen molar-refractivity contribution >= 4 is 11.5 Å². The minimum atomic E-state index is -0.414. The number of nitrogens with two attached hydrogens (primary N) is 3. The van der Waals surface area contributed by atoms with Crippen molar-refractivity contribution < 1.29 is 0 Å². The highest BCUT2D eigenvalue weighted by Gasteiger charge is 2.19. The smallest absolute Gasteiger partial charge is 0.128 e. The zero-order chi connectivity index (χ0) is 20.9. The van der Waals surface area contributed by atoms with E-state index in [-0.39, 0.29) is 5.41 Å². The molecule has 0 fully saturated rings. The Hall–Kier alpha value is -2.57. The zero-order valence-electron chi connectivity index (χ0n) is 17.6. The SMILES string of the molecule is C/C(N)=C/C(N)Nc1cc(CNC(C)C(C)(C)C)cc(-c2cccc(N)c2)n1. The maximum absolute atomic E-state index is 6.11. The number of nitrogen functional groups attached to an aromatic ring is 1. The summed E-state index contributed by atoms with van der Waals surface area (Å²) >= 11 is 0. The minimum absolute atomic E-state index is 0.177. The van der Waals surface area contributed by atoms with Crippen molar-refractivity contribution in [2.24, 2.45) is 16.9 Å². The minimum Gasteiger partial charge on any atom is -0.402 e. The van der Waals surface area contributed by atoms with Crippen molar-refractivity contribution in [2.75, 3.05) is 11.1 Å². The number of hydrogen-bond acceptors (Lipinski definition) is 6. The van der Waals surface area contributed by atoms with Crippen molar-refractivity contribution in [3.63, 3.8) is 0 Å². The maximum Gasteiger partial charge on any atom is 0.128 e. The van der Waals surface area contributed by atoms with Crippen LogP contribution < -0.4 is 27.8 Å². The van der Waals surface area contributed by atoms with Gasteiger partial charge >= 0.3 is 0 Å². The second-order valence-corrected chi connectivity index (χ2v) is 8.42. The van der Waals surface area contributed by atoms with Gasteiger partial charge in [-0.25, -0.2) is 4.98 Å². The monoisotopic (exact) mass is 382 g/mol. The summed E-state index contributed by atoms with van der Waals surface area (Å²) in [6.07, 6.45) is 1.34. The van der Waals surface area contributed by atoms with Gasteiger partial charge in [0.1, 0.15) is 5.82 Å². The Balaban J connectivity index is 2.33. The summed E-state index contributed by atoms with van der Waals surface area (Å²) in [4.78, 5) is 4.72. The van der Waals surface area contributed by atoms with E-state index in [1.807, 2.05) is 30.3 Å². The van der Waals surface area contributed by atoms with Crippen molar-refractivity contribution in [1.82, 2.24) is 10.3 Å². The molecule has 0 aliphatic rings. The molecule has 1 heterocycles. The second-order valence-electron chi connectivity index (χ2n) is 8.42. The van der Waals surface area contributed by atoms with E-state index < -0.39 is 6.17 Å². The van der Waals surface area contributed by atoms with E-state index in [0.717, 1.165) is 23.4 Å². The van der Waals surface area contributed by atoms with Gasteiger partial charge in [0.15, 0.2) is 0 Å². The van der Waals surface area contributed by atoms with Gasteiger partial charge < -0.3 is 27.8 Å². The quantitative estimate of drug-likeness (QED) is 0.370. The average Bonchev–Trinajstić information content (AvgIpc) is 2.57. The van der Waals surface area contributed by atoms with Crippen LogP contribution in [0.4, 0.5) is 11.5 Å². The lowest BCUT2D eigenvalue weighted by atomic mass is 9.88. The number of rotatable bonds is 7. The number of hydrogen-bond donors (Lipinski definition) is 5. The highest BCUT2D eigenvalue weighted by Crippen LogP contribution is 2.24. The molecule has 0 aliphatic carbocycles. The fourth-order valence-electron chi connectivity index (χ4n) is 2.68. The Morgan fingerprint density at radius 2 is 1.93 bits per heavy atom. The standard InChI is InChI=1S/C22H34N6/c1-14(23)9-20(25)28-21-11-16(13-26-15(2)22(3,4)5)10-19(27-21)17-7-6-8-18(24)12-17/h6-12,15,20,26H,13,23-25H2,1-5H3,(H,27,28)/b14-9-. The highest BCUT2D eigenvalue weighted by molar-refractivity contribution is 5.66. The first-order valence-corrected chi connectivity index (χ1v) is 9.61. The van der Waals surface area contributed by atoms with E-state index in [4.69, 9.17) is 22.2 Å². The summed E-state index contributed by atoms with van der Waals surface area (Å²) in [5.41, 5.74) is 22.3. The van der Waals surface area contributed by atoms with E-state index >= 15 is 0 Å². The Labute approximate surface area is 168 Å². The molecule has 0 aliphatic heterocycles. The highest BCUT2D eigenvalue weighted by atomic mass is 15.1. The van der Waals surface area contributed by atoms with Gasteiger partial charge in [-0.1, -0.05) is 32.9 Å². The van der Waals surface area contributed by atoms with Crippen molar-refractivity contribution in [3.05, 3.63) is 53.7 Å². The lowest BCUT2D eigenvalue weighted by Gasteiger charge is -2.28. The molecule has 0 spiro atoms. The number of allylic oxidation sites excluding steroid dienone is 1. The van der Waals surface area contributed by atoms with Crippen LogP contribution in [0.3, 0.4) is 0 Å². The Kier molecular flexibility index (Phi) is 7.05. The first kappa shape index (κ1) is 21.7. The number of nitrogens with one attached hydrogen (secondary N) is 2. The molecule has 1 aromatic carbocycles. The first-order valence-electron chi connectivity index (χ1n) is 9.61. The third-order valence-electron chi connectivity index (χ3n) is 4.74. The fraction of sp³-hybridized carbons (Fsp3) is 0.409. The lowest BCUT2D eigenvalue weighted by Crippen LogP contribution is -2.37. The molecule has 6 nitrogen and oxygen atoms in total. The summed E-state index contributed by atoms with van der Waals surface area (Å²) < 4.78 is 0. The topological polar surface area (TPSA) is 115 Å². The van der Waals surface area contributed by atoms with Crippen LogP contribution in [0, 0.1) is 5.41 Å². The van der Waals surface area contributed by atoms with E-state index in [2.05, 4.69) is 44.4 Å². The van der Waals surface area contributed by atoms with Crippen LogP contribution in [-0.4, -0.2) is 17.2 Å². The molecular weight excluding hydrogens is 348 g/mol. The van der Waals surface area contributed by atoms with Gasteiger partial charge in [-0.2, -0.15) is 0 Å². The van der Waals surface area contributed by atoms with Gasteiger partial charge in [-0.05, 0) is 55.2 Å². The van der Waals surface area contributed by atoms with Crippen molar-refractivity contribution in [1.29, 1.82) is 0 Å². The van der Waals surface area contributed by atoms with E-state index in [1.54, 1.807) is 13.0 Å². The molecule has 0 amide bonds. The molecule has 1 aromatic heterocycles. The van der Waals surface area contributed by atoms with Gasteiger partial charge in [0, 0.05) is 29.5 Å². The van der Waals surface area contributed by atoms with Gasteiger partial charge in [0.2, 0.25) is 0 Å². The van der Waals surface area contributed by atoms with Crippen LogP contribution in [0.15, 0.2) is 48.2 Å². The number of pyridine rings is 1. The molecule has 2 aromatic rings. The second kappa shape index (κ2) is 9.08. The molecule has 2 rings (SSSR count). The number of nitrogens with zero attached hydrogens (tertiary/aromatic N) is 1. The normalized spacial score (nSPS) is 14.6. The number of benzene rings is 1. The predicted octanol–water partition coefficient (Wildman–Crippen LogP) is 3.41. The summed E-state index contributed by atoms with van der Waals surface area (Å²) in [6.45, 7) is 11.4. The largest absolute Gasteiger partial charge is 0.402 e. The molecule has 2 atom stereocenters. The molecule has 8 N–H and O–H groups in total. The Morgan fingerprint density at radius 3 is 2.54 bits per heavy atom. The molecule has 2 unspecified atom stereocenters. The van der Waals surface area contributed by atoms with Gasteiger partial charge in [-0.3, -0.25) is 0 Å². The van der Waals surface area contributed by atoms with Crippen LogP contribution in [0.25, 0.3) is 11.3 Å². The Bertz CT molecular complexity index is 818. The van der Waals surface area contributed by atoms with Gasteiger partial charge in [0.05, 0.1) is 11.9 Å². The van der Waals surface area contributed by atoms with Crippen LogP contribution in [0.2, 0.25) is 0 Å². The first-order chi connectivity index (χ1) is 13.0. The van der Waals surface area contributed by atoms with Crippen molar-refractivity contribution in [3.8, 4) is 11.3 Å².